The lowest BCUT2D eigenvalue weighted by atomic mass is 9.99. The fourth-order valence-electron chi connectivity index (χ4n) is 2.60. The van der Waals surface area contributed by atoms with E-state index in [0.717, 1.165) is 18.2 Å². The van der Waals surface area contributed by atoms with Crippen LogP contribution in [-0.2, 0) is 0 Å². The predicted molar refractivity (Wildman–Crippen MR) is 71.5 cm³/mol. The first-order chi connectivity index (χ1) is 8.11. The molecule has 1 aliphatic heterocycles. The van der Waals surface area contributed by atoms with Gasteiger partial charge in [0.05, 0.1) is 5.69 Å². The highest BCUT2D eigenvalue weighted by Gasteiger charge is 2.25. The molecule has 0 bridgehead atoms. The number of hydrogen-bond acceptors (Lipinski definition) is 3. The first-order valence-electron chi connectivity index (χ1n) is 6.61. The van der Waals surface area contributed by atoms with Gasteiger partial charge < -0.3 is 14.8 Å². The molecule has 4 heteroatoms. The Morgan fingerprint density at radius 2 is 2.29 bits per heavy atom. The molecule has 2 rings (SSSR count). The Balaban J connectivity index is 2.16. The minimum Gasteiger partial charge on any atom is -0.356 e. The molecule has 0 aromatic carbocycles. The molecule has 1 aromatic rings. The number of aromatic nitrogens is 2. The van der Waals surface area contributed by atoms with E-state index in [1.807, 2.05) is 0 Å². The van der Waals surface area contributed by atoms with Crippen molar-refractivity contribution in [2.75, 3.05) is 25.5 Å². The largest absolute Gasteiger partial charge is 0.356 e. The van der Waals surface area contributed by atoms with Gasteiger partial charge in [0.15, 0.2) is 0 Å². The monoisotopic (exact) mass is 236 g/mol. The number of rotatable bonds is 3. The molecule has 0 amide bonds. The standard InChI is InChI=1S/C13H24N4/c1-5-14-13-15-10(2)9-17(13)12-6-7-16(4)11(3)8-12/h9,11-12H,5-8H2,1-4H3,(H,14,15). The van der Waals surface area contributed by atoms with Crippen LogP contribution in [0.25, 0.3) is 0 Å². The average molecular weight is 236 g/mol. The maximum atomic E-state index is 4.56. The van der Waals surface area contributed by atoms with Gasteiger partial charge in [-0.15, -0.1) is 0 Å². The van der Waals surface area contributed by atoms with Gasteiger partial charge in [-0.2, -0.15) is 0 Å². The number of piperidine rings is 1. The molecule has 1 N–H and O–H groups in total. The van der Waals surface area contributed by atoms with Crippen LogP contribution in [0, 0.1) is 6.92 Å². The zero-order valence-electron chi connectivity index (χ0n) is 11.4. The Labute approximate surface area is 104 Å². The average Bonchev–Trinajstić information content (AvgIpc) is 2.64. The third-order valence-corrected chi connectivity index (χ3v) is 3.76. The molecule has 2 unspecified atom stereocenters. The van der Waals surface area contributed by atoms with E-state index < -0.39 is 0 Å². The topological polar surface area (TPSA) is 33.1 Å². The lowest BCUT2D eigenvalue weighted by molar-refractivity contribution is 0.157. The van der Waals surface area contributed by atoms with Crippen LogP contribution in [0.3, 0.4) is 0 Å². The van der Waals surface area contributed by atoms with E-state index in [1.165, 1.54) is 19.4 Å². The molecule has 0 aliphatic carbocycles. The van der Waals surface area contributed by atoms with Crippen molar-refractivity contribution in [2.45, 2.75) is 45.7 Å². The van der Waals surface area contributed by atoms with Gasteiger partial charge in [-0.1, -0.05) is 0 Å². The summed E-state index contributed by atoms with van der Waals surface area (Å²) in [6, 6.07) is 1.25. The highest BCUT2D eigenvalue weighted by Crippen LogP contribution is 2.28. The minimum absolute atomic E-state index is 0.594. The van der Waals surface area contributed by atoms with Crippen LogP contribution in [-0.4, -0.2) is 40.6 Å². The van der Waals surface area contributed by atoms with Crippen LogP contribution in [0.4, 0.5) is 5.95 Å². The van der Waals surface area contributed by atoms with Gasteiger partial charge in [0.1, 0.15) is 0 Å². The third kappa shape index (κ3) is 2.63. The number of nitrogens with one attached hydrogen (secondary N) is 1. The van der Waals surface area contributed by atoms with E-state index in [-0.39, 0.29) is 0 Å². The smallest absolute Gasteiger partial charge is 0.203 e. The zero-order chi connectivity index (χ0) is 12.4. The second-order valence-corrected chi connectivity index (χ2v) is 5.15. The van der Waals surface area contributed by atoms with E-state index in [9.17, 15) is 0 Å². The van der Waals surface area contributed by atoms with Crippen molar-refractivity contribution in [3.63, 3.8) is 0 Å². The quantitative estimate of drug-likeness (QED) is 0.874. The molecule has 2 heterocycles. The summed E-state index contributed by atoms with van der Waals surface area (Å²) in [5, 5.41) is 3.36. The van der Waals surface area contributed by atoms with E-state index in [4.69, 9.17) is 0 Å². The second kappa shape index (κ2) is 5.08. The van der Waals surface area contributed by atoms with Gasteiger partial charge in [-0.3, -0.25) is 0 Å². The van der Waals surface area contributed by atoms with Crippen molar-refractivity contribution in [3.05, 3.63) is 11.9 Å². The summed E-state index contributed by atoms with van der Waals surface area (Å²) in [5.74, 6) is 1.03. The zero-order valence-corrected chi connectivity index (χ0v) is 11.4. The Bertz CT molecular complexity index is 371. The molecule has 0 radical (unpaired) electrons. The maximum absolute atomic E-state index is 4.56. The van der Waals surface area contributed by atoms with E-state index >= 15 is 0 Å². The van der Waals surface area contributed by atoms with Crippen LogP contribution >= 0.6 is 0 Å². The second-order valence-electron chi connectivity index (χ2n) is 5.15. The molecule has 1 saturated heterocycles. The molecular formula is C13H24N4. The summed E-state index contributed by atoms with van der Waals surface area (Å²) in [6.45, 7) is 8.59. The van der Waals surface area contributed by atoms with Crippen molar-refractivity contribution in [1.29, 1.82) is 0 Å². The number of aryl methyl sites for hydroxylation is 1. The van der Waals surface area contributed by atoms with Gasteiger partial charge in [0.2, 0.25) is 5.95 Å². The molecule has 1 aromatic heterocycles. The van der Waals surface area contributed by atoms with E-state index in [0.29, 0.717) is 12.1 Å². The number of hydrogen-bond donors (Lipinski definition) is 1. The molecule has 0 spiro atoms. The number of nitrogens with zero attached hydrogens (tertiary/aromatic N) is 3. The van der Waals surface area contributed by atoms with Crippen molar-refractivity contribution in [1.82, 2.24) is 14.5 Å². The van der Waals surface area contributed by atoms with Gasteiger partial charge in [0, 0.05) is 31.4 Å². The van der Waals surface area contributed by atoms with Crippen LogP contribution in [0.5, 0.6) is 0 Å². The summed E-state index contributed by atoms with van der Waals surface area (Å²) in [6.07, 6.45) is 4.61. The summed E-state index contributed by atoms with van der Waals surface area (Å²) in [4.78, 5) is 7.00. The van der Waals surface area contributed by atoms with Crippen molar-refractivity contribution in [2.24, 2.45) is 0 Å². The summed E-state index contributed by atoms with van der Waals surface area (Å²) in [7, 11) is 2.21. The molecule has 96 valence electrons. The van der Waals surface area contributed by atoms with Crippen LogP contribution in [0.1, 0.15) is 38.4 Å². The van der Waals surface area contributed by atoms with Crippen LogP contribution in [0.2, 0.25) is 0 Å². The van der Waals surface area contributed by atoms with Gasteiger partial charge in [-0.05, 0) is 40.7 Å². The van der Waals surface area contributed by atoms with Crippen LogP contribution in [0.15, 0.2) is 6.20 Å². The molecule has 17 heavy (non-hydrogen) atoms. The fourth-order valence-corrected chi connectivity index (χ4v) is 2.60. The van der Waals surface area contributed by atoms with Gasteiger partial charge in [0.25, 0.3) is 0 Å². The SMILES string of the molecule is CCNc1nc(C)cn1C1CCN(C)C(C)C1. The molecule has 2 atom stereocenters. The maximum Gasteiger partial charge on any atom is 0.203 e. The summed E-state index contributed by atoms with van der Waals surface area (Å²) >= 11 is 0. The number of imidazole rings is 1. The molecular weight excluding hydrogens is 212 g/mol. The number of anilines is 1. The minimum atomic E-state index is 0.594. The van der Waals surface area contributed by atoms with Crippen molar-refractivity contribution >= 4 is 5.95 Å². The Morgan fingerprint density at radius 1 is 1.53 bits per heavy atom. The first kappa shape index (κ1) is 12.4. The highest BCUT2D eigenvalue weighted by atomic mass is 15.2. The molecule has 0 saturated carbocycles. The van der Waals surface area contributed by atoms with Crippen molar-refractivity contribution < 1.29 is 0 Å². The molecule has 1 aliphatic rings. The fraction of sp³-hybridized carbons (Fsp3) is 0.769. The predicted octanol–water partition coefficient (Wildman–Crippen LogP) is 2.28. The lowest BCUT2D eigenvalue weighted by Gasteiger charge is -2.36. The third-order valence-electron chi connectivity index (χ3n) is 3.76. The van der Waals surface area contributed by atoms with Gasteiger partial charge in [-0.25, -0.2) is 4.98 Å². The Morgan fingerprint density at radius 3 is 2.94 bits per heavy atom. The highest BCUT2D eigenvalue weighted by molar-refractivity contribution is 5.29. The molecule has 1 fully saturated rings. The summed E-state index contributed by atoms with van der Waals surface area (Å²) in [5.41, 5.74) is 1.10. The Kier molecular flexibility index (Phi) is 3.72. The van der Waals surface area contributed by atoms with Gasteiger partial charge >= 0.3 is 0 Å². The lowest BCUT2D eigenvalue weighted by Crippen LogP contribution is -2.38. The number of likely N-dealkylation sites (tertiary alicyclic amines) is 1. The Hall–Kier alpha value is -1.03. The van der Waals surface area contributed by atoms with E-state index in [2.05, 4.69) is 53.8 Å². The van der Waals surface area contributed by atoms with Crippen LogP contribution < -0.4 is 5.32 Å². The normalized spacial score (nSPS) is 26.1. The summed E-state index contributed by atoms with van der Waals surface area (Å²) < 4.78 is 2.34. The van der Waals surface area contributed by atoms with Crippen molar-refractivity contribution in [3.8, 4) is 0 Å². The van der Waals surface area contributed by atoms with E-state index in [1.54, 1.807) is 0 Å². The first-order valence-corrected chi connectivity index (χ1v) is 6.61. The molecule has 4 nitrogen and oxygen atoms in total.